The van der Waals surface area contributed by atoms with Gasteiger partial charge in [0.1, 0.15) is 0 Å². The van der Waals surface area contributed by atoms with E-state index in [1.54, 1.807) is 0 Å². The molecule has 2 aromatic rings. The lowest BCUT2D eigenvalue weighted by Gasteiger charge is -2.17. The van der Waals surface area contributed by atoms with Crippen molar-refractivity contribution < 1.29 is 4.79 Å². The van der Waals surface area contributed by atoms with Gasteiger partial charge in [-0.05, 0) is 17.9 Å². The van der Waals surface area contributed by atoms with Crippen LogP contribution in [0, 0.1) is 11.8 Å². The highest BCUT2D eigenvalue weighted by Crippen LogP contribution is 2.27. The second kappa shape index (κ2) is 4.59. The molecule has 2 aliphatic rings. The van der Waals surface area contributed by atoms with Crippen LogP contribution in [0.2, 0.25) is 0 Å². The van der Waals surface area contributed by atoms with Crippen LogP contribution in [0.1, 0.15) is 5.69 Å². The largest absolute Gasteiger partial charge is 0.342 e. The molecular formula is C15H18N4O. The van der Waals surface area contributed by atoms with Crippen molar-refractivity contribution in [3.63, 3.8) is 0 Å². The van der Waals surface area contributed by atoms with Gasteiger partial charge in [0.15, 0.2) is 0 Å². The minimum Gasteiger partial charge on any atom is -0.342 e. The summed E-state index contributed by atoms with van der Waals surface area (Å²) in [5.41, 5.74) is 1.86. The van der Waals surface area contributed by atoms with Crippen molar-refractivity contribution >= 4 is 16.8 Å². The highest BCUT2D eigenvalue weighted by Gasteiger charge is 2.37. The molecule has 0 radical (unpaired) electrons. The molecular weight excluding hydrogens is 252 g/mol. The lowest BCUT2D eigenvalue weighted by molar-refractivity contribution is -0.129. The molecule has 0 saturated carbocycles. The first-order valence-corrected chi connectivity index (χ1v) is 7.22. The van der Waals surface area contributed by atoms with Crippen molar-refractivity contribution in [2.24, 2.45) is 11.8 Å². The zero-order valence-electron chi connectivity index (χ0n) is 11.3. The van der Waals surface area contributed by atoms with Crippen molar-refractivity contribution in [3.8, 4) is 0 Å². The van der Waals surface area contributed by atoms with Crippen molar-refractivity contribution in [1.82, 2.24) is 20.4 Å². The van der Waals surface area contributed by atoms with Gasteiger partial charge in [-0.25, -0.2) is 0 Å². The van der Waals surface area contributed by atoms with Crippen LogP contribution in [0.25, 0.3) is 10.9 Å². The summed E-state index contributed by atoms with van der Waals surface area (Å²) in [6.07, 6.45) is 0.424. The Morgan fingerprint density at radius 3 is 2.80 bits per heavy atom. The second-order valence-corrected chi connectivity index (χ2v) is 5.87. The number of hydrogen-bond acceptors (Lipinski definition) is 3. The Balaban J connectivity index is 1.50. The zero-order chi connectivity index (χ0) is 13.5. The van der Waals surface area contributed by atoms with Gasteiger partial charge in [0.2, 0.25) is 5.91 Å². The van der Waals surface area contributed by atoms with Crippen LogP contribution in [0.3, 0.4) is 0 Å². The highest BCUT2D eigenvalue weighted by atomic mass is 16.2. The van der Waals surface area contributed by atoms with Crippen LogP contribution in [0.5, 0.6) is 0 Å². The first kappa shape index (κ1) is 11.9. The molecule has 1 aromatic carbocycles. The Hall–Kier alpha value is -1.88. The smallest absolute Gasteiger partial charge is 0.228 e. The van der Waals surface area contributed by atoms with Crippen molar-refractivity contribution in [2.75, 3.05) is 26.2 Å². The summed E-state index contributed by atoms with van der Waals surface area (Å²) in [5, 5.41) is 11.7. The fourth-order valence-electron chi connectivity index (χ4n) is 3.47. The van der Waals surface area contributed by atoms with Crippen molar-refractivity contribution in [1.29, 1.82) is 0 Å². The van der Waals surface area contributed by atoms with Crippen LogP contribution in [-0.4, -0.2) is 47.2 Å². The number of likely N-dealkylation sites (tertiary alicyclic amines) is 1. The van der Waals surface area contributed by atoms with E-state index in [0.717, 1.165) is 42.8 Å². The lowest BCUT2D eigenvalue weighted by Crippen LogP contribution is -2.33. The average molecular weight is 270 g/mol. The summed E-state index contributed by atoms with van der Waals surface area (Å²) in [7, 11) is 0. The van der Waals surface area contributed by atoms with Crippen molar-refractivity contribution in [3.05, 3.63) is 30.0 Å². The maximum absolute atomic E-state index is 12.4. The maximum Gasteiger partial charge on any atom is 0.228 e. The minimum absolute atomic E-state index is 0.216. The van der Waals surface area contributed by atoms with Crippen LogP contribution >= 0.6 is 0 Å². The van der Waals surface area contributed by atoms with Gasteiger partial charge in [0.05, 0.1) is 17.6 Å². The summed E-state index contributed by atoms with van der Waals surface area (Å²) >= 11 is 0. The molecule has 104 valence electrons. The predicted molar refractivity (Wildman–Crippen MR) is 76.2 cm³/mol. The number of nitrogens with one attached hydrogen (secondary N) is 2. The molecule has 1 amide bonds. The third-order valence-electron chi connectivity index (χ3n) is 4.61. The Labute approximate surface area is 117 Å². The van der Waals surface area contributed by atoms with E-state index in [1.807, 2.05) is 29.2 Å². The van der Waals surface area contributed by atoms with E-state index in [0.29, 0.717) is 18.3 Å². The highest BCUT2D eigenvalue weighted by molar-refractivity contribution is 5.87. The van der Waals surface area contributed by atoms with Crippen LogP contribution < -0.4 is 5.32 Å². The molecule has 3 heterocycles. The van der Waals surface area contributed by atoms with Gasteiger partial charge >= 0.3 is 0 Å². The van der Waals surface area contributed by atoms with Gasteiger partial charge in [0.25, 0.3) is 0 Å². The number of H-pyrrole nitrogens is 1. The fourth-order valence-corrected chi connectivity index (χ4v) is 3.47. The number of carbonyl (C=O) groups is 1. The molecule has 2 saturated heterocycles. The molecule has 2 aliphatic heterocycles. The van der Waals surface area contributed by atoms with E-state index in [4.69, 9.17) is 0 Å². The predicted octanol–water partition coefficient (Wildman–Crippen LogP) is 0.783. The molecule has 2 N–H and O–H groups in total. The zero-order valence-corrected chi connectivity index (χ0v) is 11.3. The molecule has 5 nitrogen and oxygen atoms in total. The summed E-state index contributed by atoms with van der Waals surface area (Å²) in [6.45, 7) is 3.92. The van der Waals surface area contributed by atoms with Gasteiger partial charge in [0, 0.05) is 31.6 Å². The van der Waals surface area contributed by atoms with E-state index < -0.39 is 0 Å². The SMILES string of the molecule is O=C(Cc1[nH]nc2ccccc12)N1C[C@H]2CNC[C@H]2C1. The first-order chi connectivity index (χ1) is 9.81. The summed E-state index contributed by atoms with van der Waals surface area (Å²) in [5.74, 6) is 1.52. The normalized spacial score (nSPS) is 25.3. The number of hydrogen-bond donors (Lipinski definition) is 2. The second-order valence-electron chi connectivity index (χ2n) is 5.87. The standard InChI is InChI=1S/C15H18N4O/c20-15(19-8-10-6-16-7-11(10)9-19)5-14-12-3-1-2-4-13(12)17-18-14/h1-4,10-11,16H,5-9H2,(H,17,18)/t10-,11+. The van der Waals surface area contributed by atoms with Crippen LogP contribution in [0.15, 0.2) is 24.3 Å². The van der Waals surface area contributed by atoms with Gasteiger partial charge in [-0.3, -0.25) is 9.89 Å². The molecule has 0 aliphatic carbocycles. The minimum atomic E-state index is 0.216. The van der Waals surface area contributed by atoms with E-state index in [9.17, 15) is 4.79 Å². The number of rotatable bonds is 2. The molecule has 0 bridgehead atoms. The first-order valence-electron chi connectivity index (χ1n) is 7.22. The molecule has 20 heavy (non-hydrogen) atoms. The molecule has 5 heteroatoms. The number of nitrogens with zero attached hydrogens (tertiary/aromatic N) is 2. The van der Waals surface area contributed by atoms with Gasteiger partial charge in [-0.1, -0.05) is 18.2 Å². The topological polar surface area (TPSA) is 61.0 Å². The number of benzene rings is 1. The maximum atomic E-state index is 12.4. The number of amides is 1. The van der Waals surface area contributed by atoms with Gasteiger partial charge in [-0.15, -0.1) is 0 Å². The van der Waals surface area contributed by atoms with E-state index in [2.05, 4.69) is 15.5 Å². The molecule has 1 aromatic heterocycles. The van der Waals surface area contributed by atoms with E-state index >= 15 is 0 Å². The summed E-state index contributed by atoms with van der Waals surface area (Å²) in [6, 6.07) is 7.93. The molecule has 2 atom stereocenters. The third-order valence-corrected chi connectivity index (χ3v) is 4.61. The average Bonchev–Trinajstić information content (AvgIpc) is 3.12. The molecule has 0 spiro atoms. The Bertz CT molecular complexity index is 638. The van der Waals surface area contributed by atoms with E-state index in [-0.39, 0.29) is 5.91 Å². The number of carbonyl (C=O) groups excluding carboxylic acids is 1. The van der Waals surface area contributed by atoms with Gasteiger partial charge < -0.3 is 10.2 Å². The Morgan fingerprint density at radius 2 is 2.00 bits per heavy atom. The number of fused-ring (bicyclic) bond motifs is 2. The number of para-hydroxylation sites is 1. The Morgan fingerprint density at radius 1 is 1.25 bits per heavy atom. The van der Waals surface area contributed by atoms with Crippen molar-refractivity contribution in [2.45, 2.75) is 6.42 Å². The summed E-state index contributed by atoms with van der Waals surface area (Å²) in [4.78, 5) is 14.5. The summed E-state index contributed by atoms with van der Waals surface area (Å²) < 4.78 is 0. The fraction of sp³-hybridized carbons (Fsp3) is 0.467. The van der Waals surface area contributed by atoms with Crippen LogP contribution in [0.4, 0.5) is 0 Å². The third kappa shape index (κ3) is 1.89. The van der Waals surface area contributed by atoms with Crippen LogP contribution in [-0.2, 0) is 11.2 Å². The molecule has 0 unspecified atom stereocenters. The monoisotopic (exact) mass is 270 g/mol. The molecule has 4 rings (SSSR count). The molecule has 2 fully saturated rings. The van der Waals surface area contributed by atoms with E-state index in [1.165, 1.54) is 0 Å². The lowest BCUT2D eigenvalue weighted by atomic mass is 10.0. The van der Waals surface area contributed by atoms with Gasteiger partial charge in [-0.2, -0.15) is 5.10 Å². The quantitative estimate of drug-likeness (QED) is 0.848. The number of aromatic nitrogens is 2. The number of aromatic amines is 1. The Kier molecular flexibility index (Phi) is 2.73.